The molecule has 62 valence electrons. The van der Waals surface area contributed by atoms with Gasteiger partial charge in [-0.25, -0.2) is 0 Å². The molecule has 0 saturated heterocycles. The average molecular weight is 164 g/mol. The van der Waals surface area contributed by atoms with Crippen molar-refractivity contribution in [2.75, 3.05) is 0 Å². The summed E-state index contributed by atoms with van der Waals surface area (Å²) in [6.45, 7) is -0.159. The maximum absolute atomic E-state index is 9.26. The number of imidazole rings is 1. The Hall–Kier alpha value is -1.55. The number of hydrogen-bond acceptors (Lipinski definition) is 3. The Morgan fingerprint density at radius 3 is 3.00 bits per heavy atom. The summed E-state index contributed by atoms with van der Waals surface area (Å²) in [5, 5.41) is 18.1. The van der Waals surface area contributed by atoms with Crippen LogP contribution in [-0.2, 0) is 6.61 Å². The summed E-state index contributed by atoms with van der Waals surface area (Å²) in [6.07, 6.45) is 1.69. The number of aliphatic hydroxyl groups is 1. The van der Waals surface area contributed by atoms with E-state index in [2.05, 4.69) is 4.98 Å². The lowest BCUT2D eigenvalue weighted by Gasteiger charge is -1.92. The number of pyridine rings is 1. The molecule has 0 saturated carbocycles. The largest absolute Gasteiger partial charge is 0.480 e. The van der Waals surface area contributed by atoms with Gasteiger partial charge >= 0.3 is 0 Å². The summed E-state index contributed by atoms with van der Waals surface area (Å²) in [5.41, 5.74) is 1.23. The van der Waals surface area contributed by atoms with Gasteiger partial charge in [-0.15, -0.1) is 0 Å². The highest BCUT2D eigenvalue weighted by Gasteiger charge is 2.06. The summed E-state index contributed by atoms with van der Waals surface area (Å²) in [5.74, 6) is 0. The first-order valence-electron chi connectivity index (χ1n) is 3.58. The number of fused-ring (bicyclic) bond motifs is 1. The van der Waals surface area contributed by atoms with Gasteiger partial charge in [-0.3, -0.25) is 4.40 Å². The summed E-state index contributed by atoms with van der Waals surface area (Å²) in [7, 11) is 0. The molecule has 0 radical (unpaired) electrons. The summed E-state index contributed by atoms with van der Waals surface area (Å²) < 4.78 is 1.52. The van der Waals surface area contributed by atoms with Gasteiger partial charge in [-0.05, 0) is 12.1 Å². The molecule has 0 aliphatic heterocycles. The molecule has 2 N–H and O–H groups in total. The highest BCUT2D eigenvalue weighted by molar-refractivity contribution is 5.53. The van der Waals surface area contributed by atoms with E-state index < -0.39 is 0 Å². The zero-order chi connectivity index (χ0) is 8.55. The molecule has 0 atom stereocenters. The van der Waals surface area contributed by atoms with Crippen LogP contribution in [0.25, 0.3) is 5.52 Å². The van der Waals surface area contributed by atoms with Crippen molar-refractivity contribution in [1.82, 2.24) is 9.38 Å². The van der Waals surface area contributed by atoms with E-state index in [1.54, 1.807) is 18.3 Å². The van der Waals surface area contributed by atoms with Crippen molar-refractivity contribution in [3.05, 3.63) is 30.1 Å². The first-order valence-corrected chi connectivity index (χ1v) is 3.58. The highest BCUT2D eigenvalue weighted by Crippen LogP contribution is 2.16. The number of aliphatic hydroxyl groups excluding tert-OH is 1. The van der Waals surface area contributed by atoms with Crippen LogP contribution < -0.4 is 0 Å². The number of nitrogens with zero attached hydrogens (tertiary/aromatic N) is 2. The van der Waals surface area contributed by atoms with Crippen molar-refractivity contribution >= 4 is 5.52 Å². The zero-order valence-electron chi connectivity index (χ0n) is 6.31. The summed E-state index contributed by atoms with van der Waals surface area (Å²) in [6, 6.07) is 5.32. The van der Waals surface area contributed by atoms with Gasteiger partial charge in [0, 0.05) is 6.20 Å². The maximum Gasteiger partial charge on any atom is 0.298 e. The molecule has 0 fully saturated rings. The maximum atomic E-state index is 9.26. The fraction of sp³-hybridized carbons (Fsp3) is 0.125. The quantitative estimate of drug-likeness (QED) is 0.646. The Morgan fingerprint density at radius 2 is 2.25 bits per heavy atom. The highest BCUT2D eigenvalue weighted by atomic mass is 16.3. The molecular formula is C8H8N2O2. The van der Waals surface area contributed by atoms with Crippen LogP contribution in [0.3, 0.4) is 0 Å². The molecule has 4 nitrogen and oxygen atoms in total. The van der Waals surface area contributed by atoms with Crippen molar-refractivity contribution in [3.63, 3.8) is 0 Å². The van der Waals surface area contributed by atoms with Crippen molar-refractivity contribution in [2.45, 2.75) is 6.61 Å². The third-order valence-corrected chi connectivity index (χ3v) is 1.76. The van der Waals surface area contributed by atoms with Crippen molar-refractivity contribution in [3.8, 4) is 6.01 Å². The van der Waals surface area contributed by atoms with Gasteiger partial charge in [-0.2, -0.15) is 4.98 Å². The van der Waals surface area contributed by atoms with Gasteiger partial charge in [0.25, 0.3) is 6.01 Å². The minimum Gasteiger partial charge on any atom is -0.480 e. The lowest BCUT2D eigenvalue weighted by molar-refractivity contribution is 0.277. The van der Waals surface area contributed by atoms with Crippen molar-refractivity contribution in [2.24, 2.45) is 0 Å². The predicted molar refractivity (Wildman–Crippen MR) is 42.8 cm³/mol. The van der Waals surface area contributed by atoms with E-state index >= 15 is 0 Å². The summed E-state index contributed by atoms with van der Waals surface area (Å²) >= 11 is 0. The second-order valence-corrected chi connectivity index (χ2v) is 2.47. The van der Waals surface area contributed by atoms with Crippen LogP contribution in [0.1, 0.15) is 5.69 Å². The predicted octanol–water partition coefficient (Wildman–Crippen LogP) is 0.532. The first kappa shape index (κ1) is 7.12. The van der Waals surface area contributed by atoms with Gasteiger partial charge in [0.1, 0.15) is 0 Å². The van der Waals surface area contributed by atoms with E-state index in [0.717, 1.165) is 5.52 Å². The second kappa shape index (κ2) is 2.49. The first-order chi connectivity index (χ1) is 5.83. The van der Waals surface area contributed by atoms with Crippen LogP contribution in [0.5, 0.6) is 6.01 Å². The van der Waals surface area contributed by atoms with E-state index in [9.17, 15) is 5.11 Å². The molecule has 0 aromatic carbocycles. The molecule has 4 heteroatoms. The number of aromatic hydroxyl groups is 1. The monoisotopic (exact) mass is 164 g/mol. The molecule has 12 heavy (non-hydrogen) atoms. The van der Waals surface area contributed by atoms with Gasteiger partial charge in [0.15, 0.2) is 0 Å². The van der Waals surface area contributed by atoms with E-state index in [1.165, 1.54) is 4.40 Å². The third-order valence-electron chi connectivity index (χ3n) is 1.76. The van der Waals surface area contributed by atoms with Crippen LogP contribution in [0.4, 0.5) is 0 Å². The SMILES string of the molecule is OCc1nc(O)n2ccccc12. The van der Waals surface area contributed by atoms with Crippen LogP contribution in [0.2, 0.25) is 0 Å². The van der Waals surface area contributed by atoms with E-state index in [4.69, 9.17) is 5.11 Å². The Morgan fingerprint density at radius 1 is 1.42 bits per heavy atom. The Balaban J connectivity index is 2.82. The van der Waals surface area contributed by atoms with Crippen LogP contribution in [0.15, 0.2) is 24.4 Å². The molecule has 2 rings (SSSR count). The standard InChI is InChI=1S/C8H8N2O2/c11-5-6-7-3-1-2-4-10(7)8(12)9-6/h1-4,11H,5H2,(H,9,12). The lowest BCUT2D eigenvalue weighted by atomic mass is 10.3. The number of hydrogen-bond donors (Lipinski definition) is 2. The molecule has 0 bridgehead atoms. The van der Waals surface area contributed by atoms with E-state index in [0.29, 0.717) is 5.69 Å². The molecule has 0 aliphatic rings. The molecule has 0 amide bonds. The Labute approximate surface area is 68.7 Å². The molecule has 2 aromatic heterocycles. The smallest absolute Gasteiger partial charge is 0.298 e. The molecule has 0 unspecified atom stereocenters. The molecule has 2 heterocycles. The Bertz CT molecular complexity index is 408. The third kappa shape index (κ3) is 0.853. The molecule has 2 aromatic rings. The van der Waals surface area contributed by atoms with Crippen molar-refractivity contribution < 1.29 is 10.2 Å². The van der Waals surface area contributed by atoms with Gasteiger partial charge in [0.05, 0.1) is 17.8 Å². The minimum absolute atomic E-state index is 0.0883. The summed E-state index contributed by atoms with van der Waals surface area (Å²) in [4.78, 5) is 3.78. The van der Waals surface area contributed by atoms with Crippen molar-refractivity contribution in [1.29, 1.82) is 0 Å². The van der Waals surface area contributed by atoms with Gasteiger partial charge in [0.2, 0.25) is 0 Å². The van der Waals surface area contributed by atoms with E-state index in [-0.39, 0.29) is 12.6 Å². The molecule has 0 spiro atoms. The Kier molecular flexibility index (Phi) is 1.48. The minimum atomic E-state index is -0.159. The number of aromatic nitrogens is 2. The second-order valence-electron chi connectivity index (χ2n) is 2.47. The zero-order valence-corrected chi connectivity index (χ0v) is 6.31. The van der Waals surface area contributed by atoms with Crippen LogP contribution >= 0.6 is 0 Å². The average Bonchev–Trinajstić information content (AvgIpc) is 2.44. The molecular weight excluding hydrogens is 156 g/mol. The van der Waals surface area contributed by atoms with Crippen LogP contribution in [0, 0.1) is 0 Å². The topological polar surface area (TPSA) is 57.8 Å². The van der Waals surface area contributed by atoms with Gasteiger partial charge < -0.3 is 10.2 Å². The molecule has 0 aliphatic carbocycles. The van der Waals surface area contributed by atoms with Crippen LogP contribution in [-0.4, -0.2) is 19.6 Å². The number of rotatable bonds is 1. The lowest BCUT2D eigenvalue weighted by Crippen LogP contribution is -1.84. The fourth-order valence-corrected chi connectivity index (χ4v) is 1.20. The normalized spacial score (nSPS) is 10.8. The van der Waals surface area contributed by atoms with E-state index in [1.807, 2.05) is 6.07 Å². The fourth-order valence-electron chi connectivity index (χ4n) is 1.20. The van der Waals surface area contributed by atoms with Gasteiger partial charge in [-0.1, -0.05) is 6.07 Å².